The minimum absolute atomic E-state index is 0.0264. The lowest BCUT2D eigenvalue weighted by molar-refractivity contribution is -0.119. The summed E-state index contributed by atoms with van der Waals surface area (Å²) in [5.74, 6) is -0.286. The molecule has 43 heavy (non-hydrogen) atoms. The van der Waals surface area contributed by atoms with Gasteiger partial charge in [-0.3, -0.25) is 13.9 Å². The summed E-state index contributed by atoms with van der Waals surface area (Å²) in [5.41, 5.74) is 4.51. The summed E-state index contributed by atoms with van der Waals surface area (Å²) < 4.78 is 39.1. The van der Waals surface area contributed by atoms with Crippen LogP contribution in [0.5, 0.6) is 11.5 Å². The largest absolute Gasteiger partial charge is 0.495 e. The quantitative estimate of drug-likeness (QED) is 0.169. The fourth-order valence-corrected chi connectivity index (χ4v) is 5.53. The van der Waals surface area contributed by atoms with Crippen molar-refractivity contribution in [1.29, 1.82) is 0 Å². The fraction of sp³-hybridized carbons (Fsp3) is 0.129. The monoisotopic (exact) mass is 620 g/mol. The van der Waals surface area contributed by atoms with Gasteiger partial charge in [-0.2, -0.15) is 5.10 Å². The predicted octanol–water partition coefficient (Wildman–Crippen LogP) is 5.02. The van der Waals surface area contributed by atoms with Gasteiger partial charge in [-0.05, 0) is 78.7 Å². The number of carbonyl (C=O) groups is 2. The topological polar surface area (TPSA) is 126 Å². The van der Waals surface area contributed by atoms with Crippen molar-refractivity contribution in [2.45, 2.75) is 11.8 Å². The summed E-state index contributed by atoms with van der Waals surface area (Å²) in [6.07, 6.45) is 1.40. The first kappa shape index (κ1) is 31.1. The predicted molar refractivity (Wildman–Crippen MR) is 166 cm³/mol. The van der Waals surface area contributed by atoms with Crippen LogP contribution in [0.15, 0.2) is 107 Å². The molecule has 10 nitrogen and oxygen atoms in total. The summed E-state index contributed by atoms with van der Waals surface area (Å²) in [6, 6.07) is 26.4. The lowest BCUT2D eigenvalue weighted by Gasteiger charge is -2.25. The minimum atomic E-state index is -4.12. The van der Waals surface area contributed by atoms with Gasteiger partial charge in [0.2, 0.25) is 0 Å². The Morgan fingerprint density at radius 1 is 0.930 bits per heavy atom. The van der Waals surface area contributed by atoms with Crippen LogP contribution in [0.1, 0.15) is 11.1 Å². The average molecular weight is 621 g/mol. The first-order valence-electron chi connectivity index (χ1n) is 13.0. The van der Waals surface area contributed by atoms with E-state index in [1.165, 1.54) is 25.5 Å². The van der Waals surface area contributed by atoms with Crippen molar-refractivity contribution in [3.63, 3.8) is 0 Å². The summed E-state index contributed by atoms with van der Waals surface area (Å²) in [5, 5.41) is 7.07. The van der Waals surface area contributed by atoms with Crippen molar-refractivity contribution in [2.24, 2.45) is 5.10 Å². The van der Waals surface area contributed by atoms with Crippen molar-refractivity contribution in [3.05, 3.63) is 113 Å². The van der Waals surface area contributed by atoms with Gasteiger partial charge in [0.15, 0.2) is 6.61 Å². The summed E-state index contributed by atoms with van der Waals surface area (Å²) in [4.78, 5) is 25.1. The molecule has 0 bridgehead atoms. The zero-order chi connectivity index (χ0) is 30.8. The summed E-state index contributed by atoms with van der Waals surface area (Å²) in [6.45, 7) is 1.05. The molecule has 4 aromatic rings. The molecule has 0 unspecified atom stereocenters. The number of benzene rings is 4. The number of hydrogen-bond donors (Lipinski definition) is 2. The van der Waals surface area contributed by atoms with Crippen LogP contribution < -0.4 is 24.5 Å². The Bertz CT molecular complexity index is 1710. The Balaban J connectivity index is 1.39. The molecule has 0 fully saturated rings. The smallest absolute Gasteiger partial charge is 0.264 e. The van der Waals surface area contributed by atoms with E-state index in [2.05, 4.69) is 15.8 Å². The number of nitrogens with one attached hydrogen (secondary N) is 2. The van der Waals surface area contributed by atoms with E-state index < -0.39 is 22.5 Å². The third kappa shape index (κ3) is 8.34. The Kier molecular flexibility index (Phi) is 10.4. The lowest BCUT2D eigenvalue weighted by Crippen LogP contribution is -2.39. The van der Waals surface area contributed by atoms with Crippen molar-refractivity contribution in [3.8, 4) is 11.5 Å². The van der Waals surface area contributed by atoms with E-state index in [4.69, 9.17) is 21.1 Å². The molecule has 0 spiro atoms. The maximum absolute atomic E-state index is 13.6. The first-order chi connectivity index (χ1) is 20.7. The van der Waals surface area contributed by atoms with Crippen LogP contribution in [0.3, 0.4) is 0 Å². The number of hydrazone groups is 1. The number of amides is 2. The SMILES string of the molecule is COc1ccc(C)cc1N(CC(=O)N/N=C\c1ccc(OCC(=O)Nc2ccccc2Cl)cc1)S(=O)(=O)c1ccccc1. The maximum atomic E-state index is 13.6. The van der Waals surface area contributed by atoms with Gasteiger partial charge in [0.05, 0.1) is 34.6 Å². The van der Waals surface area contributed by atoms with Gasteiger partial charge < -0.3 is 14.8 Å². The Morgan fingerprint density at radius 2 is 1.63 bits per heavy atom. The number of para-hydroxylation sites is 1. The molecule has 4 aromatic carbocycles. The fourth-order valence-electron chi connectivity index (χ4n) is 3.91. The van der Waals surface area contributed by atoms with Crippen LogP contribution in [0.2, 0.25) is 5.02 Å². The number of anilines is 2. The number of carbonyl (C=O) groups excluding carboxylic acids is 2. The second-order valence-electron chi connectivity index (χ2n) is 9.18. The van der Waals surface area contributed by atoms with Gasteiger partial charge in [0.1, 0.15) is 18.0 Å². The van der Waals surface area contributed by atoms with E-state index in [0.717, 1.165) is 9.87 Å². The number of aryl methyl sites for hydroxylation is 1. The highest BCUT2D eigenvalue weighted by Gasteiger charge is 2.29. The highest BCUT2D eigenvalue weighted by atomic mass is 35.5. The Labute approximate surface area is 254 Å². The number of halogens is 1. The second kappa shape index (κ2) is 14.3. The van der Waals surface area contributed by atoms with E-state index in [9.17, 15) is 18.0 Å². The molecule has 0 heterocycles. The van der Waals surface area contributed by atoms with Gasteiger partial charge in [-0.1, -0.05) is 48.0 Å². The van der Waals surface area contributed by atoms with Crippen LogP contribution in [-0.4, -0.2) is 46.7 Å². The standard InChI is InChI=1S/C31H29ClN4O6S/c1-22-12-17-29(41-2)28(18-22)36(43(39,40)25-8-4-3-5-9-25)20-30(37)35-33-19-23-13-15-24(16-14-23)42-21-31(38)34-27-11-7-6-10-26(27)32/h3-19H,20-21H2,1-2H3,(H,34,38)(H,35,37)/b33-19-. The zero-order valence-electron chi connectivity index (χ0n) is 23.4. The minimum Gasteiger partial charge on any atom is -0.495 e. The molecule has 0 aliphatic carbocycles. The third-order valence-corrected chi connectivity index (χ3v) is 8.13. The number of ether oxygens (including phenoxy) is 2. The van der Waals surface area contributed by atoms with Crippen LogP contribution in [0.4, 0.5) is 11.4 Å². The molecule has 2 amide bonds. The van der Waals surface area contributed by atoms with Gasteiger partial charge in [-0.25, -0.2) is 13.8 Å². The van der Waals surface area contributed by atoms with Gasteiger partial charge >= 0.3 is 0 Å². The third-order valence-electron chi connectivity index (χ3n) is 6.02. The number of sulfonamides is 1. The van der Waals surface area contributed by atoms with Gasteiger partial charge in [-0.15, -0.1) is 0 Å². The lowest BCUT2D eigenvalue weighted by atomic mass is 10.2. The average Bonchev–Trinajstić information content (AvgIpc) is 3.01. The van der Waals surface area contributed by atoms with Crippen LogP contribution in [0, 0.1) is 6.92 Å². The number of nitrogens with zero attached hydrogens (tertiary/aromatic N) is 2. The molecular formula is C31H29ClN4O6S. The maximum Gasteiger partial charge on any atom is 0.264 e. The molecule has 0 saturated heterocycles. The first-order valence-corrected chi connectivity index (χ1v) is 14.8. The van der Waals surface area contributed by atoms with Crippen molar-refractivity contribution >= 4 is 51.0 Å². The molecule has 0 atom stereocenters. The Hall–Kier alpha value is -4.87. The van der Waals surface area contributed by atoms with Crippen LogP contribution >= 0.6 is 11.6 Å². The molecule has 4 rings (SSSR count). The zero-order valence-corrected chi connectivity index (χ0v) is 24.9. The highest BCUT2D eigenvalue weighted by molar-refractivity contribution is 7.92. The van der Waals surface area contributed by atoms with Crippen molar-refractivity contribution < 1.29 is 27.5 Å². The Morgan fingerprint density at radius 3 is 2.33 bits per heavy atom. The molecule has 2 N–H and O–H groups in total. The van der Waals surface area contributed by atoms with Crippen LogP contribution in [0.25, 0.3) is 0 Å². The van der Waals surface area contributed by atoms with E-state index in [1.54, 1.807) is 84.9 Å². The normalized spacial score (nSPS) is 11.1. The van der Waals surface area contributed by atoms with Crippen LogP contribution in [-0.2, 0) is 19.6 Å². The van der Waals surface area contributed by atoms with Gasteiger partial charge in [0, 0.05) is 0 Å². The number of methoxy groups -OCH3 is 1. The highest BCUT2D eigenvalue weighted by Crippen LogP contribution is 2.33. The van der Waals surface area contributed by atoms with Crippen molar-refractivity contribution in [2.75, 3.05) is 29.9 Å². The molecule has 12 heteroatoms. The second-order valence-corrected chi connectivity index (χ2v) is 11.4. The van der Waals surface area contributed by atoms with E-state index >= 15 is 0 Å². The molecule has 0 saturated carbocycles. The van der Waals surface area contributed by atoms with Crippen molar-refractivity contribution in [1.82, 2.24) is 5.43 Å². The number of rotatable bonds is 12. The van der Waals surface area contributed by atoms with Gasteiger partial charge in [0.25, 0.3) is 21.8 Å². The van der Waals surface area contributed by atoms with E-state index in [1.807, 2.05) is 6.92 Å². The molecular weight excluding hydrogens is 592 g/mol. The number of hydrogen-bond acceptors (Lipinski definition) is 7. The molecule has 0 aliphatic heterocycles. The summed E-state index contributed by atoms with van der Waals surface area (Å²) >= 11 is 6.05. The van der Waals surface area contributed by atoms with E-state index in [-0.39, 0.29) is 23.1 Å². The summed E-state index contributed by atoms with van der Waals surface area (Å²) in [7, 11) is -2.69. The molecule has 222 valence electrons. The molecule has 0 aromatic heterocycles. The molecule has 0 radical (unpaired) electrons. The van der Waals surface area contributed by atoms with E-state index in [0.29, 0.717) is 27.8 Å². The molecule has 0 aliphatic rings.